The molecule has 3 saturated heterocycles. The number of hydrogen-bond acceptors (Lipinski definition) is 5. The molecule has 1 spiro atoms. The van der Waals surface area contributed by atoms with E-state index in [-0.39, 0.29) is 36.8 Å². The molecular formula is C36H47N3O5. The normalized spacial score (nSPS) is 27.9. The summed E-state index contributed by atoms with van der Waals surface area (Å²) in [5.41, 5.74) is -1.33. The summed E-state index contributed by atoms with van der Waals surface area (Å²) in [6.07, 6.45) is 5.78. The minimum absolute atomic E-state index is 0.121. The van der Waals surface area contributed by atoms with E-state index in [0.29, 0.717) is 38.0 Å². The maximum Gasteiger partial charge on any atom is 0.253 e. The molecule has 8 nitrogen and oxygen atoms in total. The van der Waals surface area contributed by atoms with Gasteiger partial charge >= 0.3 is 0 Å². The molecule has 3 heterocycles. The van der Waals surface area contributed by atoms with Crippen molar-refractivity contribution in [1.82, 2.24) is 9.80 Å². The van der Waals surface area contributed by atoms with Crippen LogP contribution >= 0.6 is 0 Å². The second kappa shape index (κ2) is 12.5. The van der Waals surface area contributed by atoms with Gasteiger partial charge in [0, 0.05) is 25.3 Å². The lowest BCUT2D eigenvalue weighted by molar-refractivity contribution is -0.154. The molecule has 2 bridgehead atoms. The van der Waals surface area contributed by atoms with E-state index in [1.165, 1.54) is 0 Å². The molecule has 0 aliphatic carbocycles. The molecule has 8 heteroatoms. The summed E-state index contributed by atoms with van der Waals surface area (Å²) in [6, 6.07) is 12.2. The smallest absolute Gasteiger partial charge is 0.253 e. The third kappa shape index (κ3) is 4.87. The van der Waals surface area contributed by atoms with Crippen molar-refractivity contribution >= 4 is 34.2 Å². The van der Waals surface area contributed by atoms with E-state index in [1.807, 2.05) is 70.2 Å². The number of likely N-dealkylation sites (tertiary alicyclic amines) is 1. The summed E-state index contributed by atoms with van der Waals surface area (Å²) in [5, 5.41) is 12.7. The standard InChI is InChI=1S/C36H47N3O5/c1-7-19-37(20-8-2)32(41)29-30-33(42)39(28(23-40)24(5)6)31(36(30)18-17-35(29,10-4)44-36)34(43)38(21-9-3)27-16-15-25-13-11-12-14-26(25)22-27/h7,9,11-16,22,24,28-31,40H,1,3,8,10,17-21,23H2,2,4-6H3/t28-,29+,30-,31?,35-,36?/m0/s1. The summed E-state index contributed by atoms with van der Waals surface area (Å²) in [5.74, 6) is -2.36. The molecule has 1 N–H and O–H groups in total. The van der Waals surface area contributed by atoms with Crippen LogP contribution in [0.25, 0.3) is 10.8 Å². The second-order valence-corrected chi connectivity index (χ2v) is 12.9. The highest BCUT2D eigenvalue weighted by Crippen LogP contribution is 2.65. The number of amides is 3. The highest BCUT2D eigenvalue weighted by atomic mass is 16.5. The predicted molar refractivity (Wildman–Crippen MR) is 173 cm³/mol. The summed E-state index contributed by atoms with van der Waals surface area (Å²) >= 11 is 0. The van der Waals surface area contributed by atoms with Crippen LogP contribution in [0.3, 0.4) is 0 Å². The largest absolute Gasteiger partial charge is 0.394 e. The average Bonchev–Trinajstić information content (AvgIpc) is 3.63. The molecule has 0 aromatic heterocycles. The topological polar surface area (TPSA) is 90.4 Å². The van der Waals surface area contributed by atoms with Gasteiger partial charge in [0.25, 0.3) is 5.91 Å². The Hall–Kier alpha value is -3.49. The Morgan fingerprint density at radius 2 is 1.77 bits per heavy atom. The minimum Gasteiger partial charge on any atom is -0.394 e. The Labute approximate surface area is 261 Å². The van der Waals surface area contributed by atoms with Gasteiger partial charge in [0.15, 0.2) is 0 Å². The number of nitrogens with zero attached hydrogens (tertiary/aromatic N) is 3. The quantitative estimate of drug-likeness (QED) is 0.328. The van der Waals surface area contributed by atoms with Crippen molar-refractivity contribution in [3.63, 3.8) is 0 Å². The number of aliphatic hydroxyl groups excluding tert-OH is 1. The number of aliphatic hydroxyl groups is 1. The Morgan fingerprint density at radius 3 is 2.39 bits per heavy atom. The molecule has 3 amide bonds. The molecule has 0 radical (unpaired) electrons. The van der Waals surface area contributed by atoms with Crippen LogP contribution in [0.2, 0.25) is 0 Å². The fourth-order valence-electron chi connectivity index (χ4n) is 8.15. The van der Waals surface area contributed by atoms with E-state index in [4.69, 9.17) is 4.74 Å². The van der Waals surface area contributed by atoms with Crippen LogP contribution < -0.4 is 4.90 Å². The van der Waals surface area contributed by atoms with Gasteiger partial charge in [-0.2, -0.15) is 0 Å². The zero-order chi connectivity index (χ0) is 31.8. The first kappa shape index (κ1) is 31.9. The number of carbonyl (C=O) groups is 3. The van der Waals surface area contributed by atoms with Crippen molar-refractivity contribution in [2.24, 2.45) is 17.8 Å². The summed E-state index contributed by atoms with van der Waals surface area (Å²) in [6.45, 7) is 16.5. The molecule has 5 rings (SSSR count). The summed E-state index contributed by atoms with van der Waals surface area (Å²) < 4.78 is 7.01. The minimum atomic E-state index is -1.19. The van der Waals surface area contributed by atoms with Gasteiger partial charge in [0.05, 0.1) is 30.1 Å². The molecule has 3 aliphatic rings. The molecule has 0 saturated carbocycles. The highest BCUT2D eigenvalue weighted by molar-refractivity contribution is 6.06. The van der Waals surface area contributed by atoms with E-state index in [0.717, 1.165) is 17.2 Å². The van der Waals surface area contributed by atoms with Gasteiger partial charge in [-0.05, 0) is 54.5 Å². The molecule has 3 fully saturated rings. The van der Waals surface area contributed by atoms with E-state index in [9.17, 15) is 14.7 Å². The van der Waals surface area contributed by atoms with Crippen molar-refractivity contribution in [3.8, 4) is 0 Å². The van der Waals surface area contributed by atoms with Gasteiger partial charge in [-0.1, -0.05) is 70.2 Å². The lowest BCUT2D eigenvalue weighted by Crippen LogP contribution is -2.60. The fraction of sp³-hybridized carbons (Fsp3) is 0.528. The fourth-order valence-corrected chi connectivity index (χ4v) is 8.15. The molecule has 2 aromatic rings. The molecule has 44 heavy (non-hydrogen) atoms. The zero-order valence-corrected chi connectivity index (χ0v) is 26.6. The molecule has 2 aromatic carbocycles. The third-order valence-corrected chi connectivity index (χ3v) is 10.2. The summed E-state index contributed by atoms with van der Waals surface area (Å²) in [4.78, 5) is 49.2. The van der Waals surface area contributed by atoms with Gasteiger partial charge in [-0.25, -0.2) is 0 Å². The van der Waals surface area contributed by atoms with Gasteiger partial charge in [0.1, 0.15) is 11.6 Å². The number of ether oxygens (including phenoxy) is 1. The first-order valence-electron chi connectivity index (χ1n) is 16.1. The lowest BCUT2D eigenvalue weighted by atomic mass is 9.64. The Bertz CT molecular complexity index is 1440. The van der Waals surface area contributed by atoms with Crippen LogP contribution in [0.5, 0.6) is 0 Å². The van der Waals surface area contributed by atoms with Gasteiger partial charge in [0.2, 0.25) is 11.8 Å². The van der Waals surface area contributed by atoms with Crippen LogP contribution in [0, 0.1) is 17.8 Å². The van der Waals surface area contributed by atoms with Gasteiger partial charge in [-0.3, -0.25) is 14.4 Å². The van der Waals surface area contributed by atoms with Gasteiger partial charge < -0.3 is 24.5 Å². The van der Waals surface area contributed by atoms with Crippen LogP contribution in [0.1, 0.15) is 53.4 Å². The van der Waals surface area contributed by atoms with Crippen LogP contribution in [-0.4, -0.2) is 82.2 Å². The van der Waals surface area contributed by atoms with E-state index in [1.54, 1.807) is 26.9 Å². The predicted octanol–water partition coefficient (Wildman–Crippen LogP) is 4.96. The van der Waals surface area contributed by atoms with Gasteiger partial charge in [-0.15, -0.1) is 13.2 Å². The number of hydrogen-bond donors (Lipinski definition) is 1. The first-order chi connectivity index (χ1) is 21.1. The van der Waals surface area contributed by atoms with Crippen molar-refractivity contribution in [1.29, 1.82) is 0 Å². The lowest BCUT2D eigenvalue weighted by Gasteiger charge is -2.40. The highest BCUT2D eigenvalue weighted by Gasteiger charge is 2.79. The van der Waals surface area contributed by atoms with E-state index >= 15 is 4.79 Å². The Kier molecular flexibility index (Phi) is 9.06. The van der Waals surface area contributed by atoms with E-state index < -0.39 is 35.1 Å². The molecular weight excluding hydrogens is 554 g/mol. The molecule has 236 valence electrons. The number of anilines is 1. The molecule has 2 unspecified atom stereocenters. The molecule has 3 aliphatic heterocycles. The number of rotatable bonds is 13. The zero-order valence-electron chi connectivity index (χ0n) is 26.6. The SMILES string of the molecule is C=CCN(CCC)C(=O)[C@H]1[C@H]2C(=O)N([C@@H](CO)C(C)C)C(C(=O)N(CC=C)c3ccc4ccccc4c3)C23CC[C@]1(CC)O3. The average molecular weight is 602 g/mol. The van der Waals surface area contributed by atoms with Crippen LogP contribution in [0.15, 0.2) is 67.8 Å². The first-order valence-corrected chi connectivity index (χ1v) is 16.1. The van der Waals surface area contributed by atoms with Crippen LogP contribution in [-0.2, 0) is 19.1 Å². The Balaban J connectivity index is 1.66. The number of fused-ring (bicyclic) bond motifs is 2. The second-order valence-electron chi connectivity index (χ2n) is 12.9. The van der Waals surface area contributed by atoms with Crippen molar-refractivity contribution < 1.29 is 24.2 Å². The monoisotopic (exact) mass is 601 g/mol. The van der Waals surface area contributed by atoms with Crippen molar-refractivity contribution in [3.05, 3.63) is 67.8 Å². The summed E-state index contributed by atoms with van der Waals surface area (Å²) in [7, 11) is 0. The third-order valence-electron chi connectivity index (χ3n) is 10.2. The maximum absolute atomic E-state index is 15.0. The van der Waals surface area contributed by atoms with E-state index in [2.05, 4.69) is 13.2 Å². The van der Waals surface area contributed by atoms with Crippen molar-refractivity contribution in [2.45, 2.75) is 76.7 Å². The number of carbonyl (C=O) groups excluding carboxylic acids is 3. The number of benzene rings is 2. The Morgan fingerprint density at radius 1 is 1.07 bits per heavy atom. The maximum atomic E-state index is 15.0. The molecule has 6 atom stereocenters. The van der Waals surface area contributed by atoms with Crippen molar-refractivity contribution in [2.75, 3.05) is 31.1 Å². The van der Waals surface area contributed by atoms with Crippen LogP contribution in [0.4, 0.5) is 5.69 Å².